The van der Waals surface area contributed by atoms with Crippen LogP contribution in [0.1, 0.15) is 72.6 Å². The number of amides is 1. The molecule has 114 valence electrons. The molecule has 0 saturated heterocycles. The molecule has 3 nitrogen and oxygen atoms in total. The summed E-state index contributed by atoms with van der Waals surface area (Å²) < 4.78 is 0. The molecule has 3 N–H and O–H groups in total. The summed E-state index contributed by atoms with van der Waals surface area (Å²) in [5.74, 6) is 1.53. The van der Waals surface area contributed by atoms with Crippen LogP contribution in [0, 0.1) is 11.8 Å². The number of nitrogens with two attached hydrogens (primary N) is 1. The molecule has 0 aliphatic heterocycles. The van der Waals surface area contributed by atoms with E-state index in [1.54, 1.807) is 0 Å². The van der Waals surface area contributed by atoms with Crippen molar-refractivity contribution in [1.29, 1.82) is 0 Å². The molecule has 0 aliphatic rings. The van der Waals surface area contributed by atoms with Gasteiger partial charge in [-0.15, -0.1) is 0 Å². The number of hydrogen-bond donors (Lipinski definition) is 2. The largest absolute Gasteiger partial charge is 0.354 e. The Morgan fingerprint density at radius 3 is 2.26 bits per heavy atom. The minimum atomic E-state index is 0.203. The average Bonchev–Trinajstić information content (AvgIpc) is 2.34. The first kappa shape index (κ1) is 18.4. The fourth-order valence-electron chi connectivity index (χ4n) is 2.41. The first-order chi connectivity index (χ1) is 8.99. The van der Waals surface area contributed by atoms with Gasteiger partial charge in [0.1, 0.15) is 0 Å². The summed E-state index contributed by atoms with van der Waals surface area (Å²) in [5.41, 5.74) is 5.61. The molecule has 0 bridgehead atoms. The molecular formula is C16H34N2O. The number of rotatable bonds is 11. The molecule has 0 spiro atoms. The topological polar surface area (TPSA) is 55.1 Å². The van der Waals surface area contributed by atoms with Gasteiger partial charge in [-0.3, -0.25) is 4.79 Å². The third-order valence-electron chi connectivity index (χ3n) is 3.64. The highest BCUT2D eigenvalue weighted by Crippen LogP contribution is 2.17. The van der Waals surface area contributed by atoms with Gasteiger partial charge in [-0.2, -0.15) is 0 Å². The van der Waals surface area contributed by atoms with Gasteiger partial charge in [0.25, 0.3) is 0 Å². The zero-order valence-corrected chi connectivity index (χ0v) is 13.4. The molecule has 3 heteroatoms. The smallest absolute Gasteiger partial charge is 0.220 e. The van der Waals surface area contributed by atoms with E-state index in [1.807, 2.05) is 0 Å². The van der Waals surface area contributed by atoms with Gasteiger partial charge < -0.3 is 11.1 Å². The SMILES string of the molecule is CCCC(CCN)CCC(=O)NC(C)CCC(C)C. The molecule has 2 atom stereocenters. The number of hydrogen-bond acceptors (Lipinski definition) is 2. The Kier molecular flexibility index (Phi) is 10.9. The lowest BCUT2D eigenvalue weighted by Crippen LogP contribution is -2.32. The van der Waals surface area contributed by atoms with Crippen LogP contribution in [0.15, 0.2) is 0 Å². The van der Waals surface area contributed by atoms with Crippen molar-refractivity contribution in [1.82, 2.24) is 5.32 Å². The third kappa shape index (κ3) is 11.0. The van der Waals surface area contributed by atoms with Crippen LogP contribution in [-0.2, 0) is 4.79 Å². The van der Waals surface area contributed by atoms with Gasteiger partial charge in [0.05, 0.1) is 0 Å². The Morgan fingerprint density at radius 1 is 1.05 bits per heavy atom. The molecule has 0 aromatic heterocycles. The molecule has 1 amide bonds. The summed E-state index contributed by atoms with van der Waals surface area (Å²) in [4.78, 5) is 11.9. The highest BCUT2D eigenvalue weighted by atomic mass is 16.1. The van der Waals surface area contributed by atoms with E-state index < -0.39 is 0 Å². The number of nitrogens with one attached hydrogen (secondary N) is 1. The normalized spacial score (nSPS) is 14.4. The minimum Gasteiger partial charge on any atom is -0.354 e. The zero-order chi connectivity index (χ0) is 14.7. The van der Waals surface area contributed by atoms with E-state index in [2.05, 4.69) is 33.0 Å². The van der Waals surface area contributed by atoms with Gasteiger partial charge >= 0.3 is 0 Å². The Balaban J connectivity index is 3.82. The predicted octanol–water partition coefficient (Wildman–Crippen LogP) is 3.47. The van der Waals surface area contributed by atoms with E-state index in [0.29, 0.717) is 24.3 Å². The van der Waals surface area contributed by atoms with Crippen LogP contribution in [-0.4, -0.2) is 18.5 Å². The average molecular weight is 270 g/mol. The van der Waals surface area contributed by atoms with Crippen molar-refractivity contribution in [2.45, 2.75) is 78.7 Å². The van der Waals surface area contributed by atoms with Gasteiger partial charge in [-0.1, -0.05) is 33.6 Å². The van der Waals surface area contributed by atoms with Crippen molar-refractivity contribution in [3.8, 4) is 0 Å². The predicted molar refractivity (Wildman–Crippen MR) is 83.0 cm³/mol. The summed E-state index contributed by atoms with van der Waals surface area (Å²) >= 11 is 0. The summed E-state index contributed by atoms with van der Waals surface area (Å²) in [6.07, 6.45) is 7.29. The van der Waals surface area contributed by atoms with E-state index >= 15 is 0 Å². The first-order valence-corrected chi connectivity index (χ1v) is 7.99. The van der Waals surface area contributed by atoms with Gasteiger partial charge in [0.15, 0.2) is 0 Å². The minimum absolute atomic E-state index is 0.203. The summed E-state index contributed by atoms with van der Waals surface area (Å²) in [6, 6.07) is 0.300. The van der Waals surface area contributed by atoms with Crippen molar-refractivity contribution in [2.24, 2.45) is 17.6 Å². The maximum atomic E-state index is 11.9. The lowest BCUT2D eigenvalue weighted by atomic mass is 9.94. The lowest BCUT2D eigenvalue weighted by Gasteiger charge is -2.17. The monoisotopic (exact) mass is 270 g/mol. The molecule has 2 unspecified atom stereocenters. The Hall–Kier alpha value is -0.570. The van der Waals surface area contributed by atoms with E-state index in [0.717, 1.165) is 25.8 Å². The van der Waals surface area contributed by atoms with Gasteiger partial charge in [-0.25, -0.2) is 0 Å². The fourth-order valence-corrected chi connectivity index (χ4v) is 2.41. The van der Waals surface area contributed by atoms with Crippen LogP contribution in [0.3, 0.4) is 0 Å². The van der Waals surface area contributed by atoms with Crippen LogP contribution in [0.25, 0.3) is 0 Å². The van der Waals surface area contributed by atoms with Crippen LogP contribution >= 0.6 is 0 Å². The first-order valence-electron chi connectivity index (χ1n) is 7.99. The van der Waals surface area contributed by atoms with E-state index in [-0.39, 0.29) is 5.91 Å². The quantitative estimate of drug-likeness (QED) is 0.604. The fraction of sp³-hybridized carbons (Fsp3) is 0.938. The van der Waals surface area contributed by atoms with Crippen LogP contribution in [0.4, 0.5) is 0 Å². The standard InChI is InChI=1S/C16H34N2O/c1-5-6-15(11-12-17)9-10-16(19)18-14(4)8-7-13(2)3/h13-15H,5-12,17H2,1-4H3,(H,18,19). The number of carbonyl (C=O) groups excluding carboxylic acids is 1. The molecule has 0 fully saturated rings. The molecule has 0 saturated carbocycles. The van der Waals surface area contributed by atoms with Crippen molar-refractivity contribution in [3.05, 3.63) is 0 Å². The van der Waals surface area contributed by atoms with E-state index in [1.165, 1.54) is 19.3 Å². The Bertz CT molecular complexity index is 223. The summed E-state index contributed by atoms with van der Waals surface area (Å²) in [5, 5.41) is 3.10. The molecular weight excluding hydrogens is 236 g/mol. The second-order valence-corrected chi connectivity index (χ2v) is 6.21. The molecule has 0 rings (SSSR count). The third-order valence-corrected chi connectivity index (χ3v) is 3.64. The van der Waals surface area contributed by atoms with Crippen molar-refractivity contribution in [2.75, 3.05) is 6.54 Å². The second-order valence-electron chi connectivity index (χ2n) is 6.21. The Labute approximate surface area is 119 Å². The maximum Gasteiger partial charge on any atom is 0.220 e. The molecule has 0 heterocycles. The molecule has 0 aliphatic carbocycles. The van der Waals surface area contributed by atoms with Crippen molar-refractivity contribution >= 4 is 5.91 Å². The molecule has 0 aromatic carbocycles. The number of carbonyl (C=O) groups is 1. The van der Waals surface area contributed by atoms with Gasteiger partial charge in [-0.05, 0) is 51.0 Å². The highest BCUT2D eigenvalue weighted by Gasteiger charge is 2.12. The summed E-state index contributed by atoms with van der Waals surface area (Å²) in [7, 11) is 0. The highest BCUT2D eigenvalue weighted by molar-refractivity contribution is 5.76. The zero-order valence-electron chi connectivity index (χ0n) is 13.4. The van der Waals surface area contributed by atoms with Gasteiger partial charge in [0, 0.05) is 12.5 Å². The molecule has 19 heavy (non-hydrogen) atoms. The second kappa shape index (κ2) is 11.3. The molecule has 0 aromatic rings. The Morgan fingerprint density at radius 2 is 1.74 bits per heavy atom. The van der Waals surface area contributed by atoms with E-state index in [9.17, 15) is 4.79 Å². The summed E-state index contributed by atoms with van der Waals surface area (Å²) in [6.45, 7) is 9.46. The van der Waals surface area contributed by atoms with E-state index in [4.69, 9.17) is 5.73 Å². The van der Waals surface area contributed by atoms with Gasteiger partial charge in [0.2, 0.25) is 5.91 Å². The van der Waals surface area contributed by atoms with Crippen LogP contribution in [0.2, 0.25) is 0 Å². The lowest BCUT2D eigenvalue weighted by molar-refractivity contribution is -0.122. The van der Waals surface area contributed by atoms with Crippen LogP contribution in [0.5, 0.6) is 0 Å². The van der Waals surface area contributed by atoms with Crippen molar-refractivity contribution in [3.63, 3.8) is 0 Å². The molecule has 0 radical (unpaired) electrons. The maximum absolute atomic E-state index is 11.9. The van der Waals surface area contributed by atoms with Crippen molar-refractivity contribution < 1.29 is 4.79 Å². The van der Waals surface area contributed by atoms with Crippen LogP contribution < -0.4 is 11.1 Å².